The molecule has 1 aromatic rings. The van der Waals surface area contributed by atoms with Gasteiger partial charge in [-0.25, -0.2) is 0 Å². The maximum absolute atomic E-state index is 3.70. The zero-order chi connectivity index (χ0) is 5.28. The van der Waals surface area contributed by atoms with Crippen molar-refractivity contribution in [1.29, 1.82) is 0 Å². The standard InChI is InChI=1S/C2N2SSe2/c6-1-3-4-2(7)5-1. The van der Waals surface area contributed by atoms with Crippen LogP contribution in [0.1, 0.15) is 0 Å². The predicted octanol–water partition coefficient (Wildman–Crippen LogP) is -1.87. The summed E-state index contributed by atoms with van der Waals surface area (Å²) in [5.74, 6) is 0. The van der Waals surface area contributed by atoms with Gasteiger partial charge in [0.25, 0.3) is 0 Å². The van der Waals surface area contributed by atoms with Crippen LogP contribution in [0, 0.1) is 0 Å². The molecule has 0 aliphatic heterocycles. The van der Waals surface area contributed by atoms with Crippen LogP contribution in [0.2, 0.25) is 0 Å². The third-order valence-corrected chi connectivity index (χ3v) is 2.29. The zero-order valence-corrected chi connectivity index (χ0v) is 7.36. The minimum atomic E-state index is 0.883. The van der Waals surface area contributed by atoms with Crippen molar-refractivity contribution in [1.82, 2.24) is 10.2 Å². The summed E-state index contributed by atoms with van der Waals surface area (Å²) in [6.45, 7) is 0. The molecule has 0 atom stereocenters. The van der Waals surface area contributed by atoms with Gasteiger partial charge in [0.15, 0.2) is 0 Å². The van der Waals surface area contributed by atoms with Gasteiger partial charge in [0.1, 0.15) is 0 Å². The van der Waals surface area contributed by atoms with E-state index in [0.717, 1.165) is 7.81 Å². The molecule has 1 aromatic heterocycles. The Morgan fingerprint density at radius 3 is 1.71 bits per heavy atom. The second-order valence-corrected chi connectivity index (χ2v) is 4.60. The van der Waals surface area contributed by atoms with E-state index in [1.807, 2.05) is 0 Å². The second kappa shape index (κ2) is 2.25. The van der Waals surface area contributed by atoms with Crippen LogP contribution in [0.5, 0.6) is 0 Å². The van der Waals surface area contributed by atoms with Crippen LogP contribution in [0.4, 0.5) is 0 Å². The van der Waals surface area contributed by atoms with Gasteiger partial charge in [0.05, 0.1) is 0 Å². The molecule has 0 aliphatic carbocycles. The maximum atomic E-state index is 3.70. The monoisotopic (exact) mass is 244 g/mol. The van der Waals surface area contributed by atoms with Crippen molar-refractivity contribution in [3.05, 3.63) is 0 Å². The Morgan fingerprint density at radius 2 is 1.57 bits per heavy atom. The summed E-state index contributed by atoms with van der Waals surface area (Å²) in [5.41, 5.74) is 0. The fourth-order valence-corrected chi connectivity index (χ4v) is 2.48. The summed E-state index contributed by atoms with van der Waals surface area (Å²) in [6, 6.07) is 0. The Kier molecular flexibility index (Phi) is 1.84. The summed E-state index contributed by atoms with van der Waals surface area (Å²) in [4.78, 5) is 0. The van der Waals surface area contributed by atoms with E-state index in [1.165, 1.54) is 11.3 Å². The average Bonchev–Trinajstić information content (AvgIpc) is 1.87. The van der Waals surface area contributed by atoms with Crippen LogP contribution in [0.15, 0.2) is 0 Å². The molecule has 0 aliphatic rings. The molecule has 2 nitrogen and oxygen atoms in total. The van der Waals surface area contributed by atoms with Crippen LogP contribution in [0.3, 0.4) is 0 Å². The van der Waals surface area contributed by atoms with Gasteiger partial charge in [-0.05, 0) is 0 Å². The van der Waals surface area contributed by atoms with E-state index < -0.39 is 0 Å². The fourth-order valence-electron chi connectivity index (χ4n) is 0.197. The molecule has 0 spiro atoms. The molecule has 7 heavy (non-hydrogen) atoms. The molecule has 1 rings (SSSR count). The topological polar surface area (TPSA) is 25.8 Å². The zero-order valence-electron chi connectivity index (χ0n) is 3.12. The molecular weight excluding hydrogens is 242 g/mol. The van der Waals surface area contributed by atoms with Crippen molar-refractivity contribution in [3.8, 4) is 0 Å². The van der Waals surface area contributed by atoms with Gasteiger partial charge in [-0.15, -0.1) is 0 Å². The molecule has 0 N–H and O–H groups in total. The Bertz CT molecular complexity index is 146. The van der Waals surface area contributed by atoms with E-state index in [-0.39, 0.29) is 0 Å². The number of rotatable bonds is 0. The van der Waals surface area contributed by atoms with E-state index in [2.05, 4.69) is 42.2 Å². The predicted molar refractivity (Wildman–Crippen MR) is 30.7 cm³/mol. The van der Waals surface area contributed by atoms with Crippen molar-refractivity contribution < 1.29 is 0 Å². The molecule has 0 amide bonds. The van der Waals surface area contributed by atoms with Gasteiger partial charge >= 0.3 is 61.4 Å². The molecule has 0 saturated heterocycles. The van der Waals surface area contributed by atoms with Gasteiger partial charge in [-0.3, -0.25) is 0 Å². The molecular formula is C2N2SSe2. The summed E-state index contributed by atoms with van der Waals surface area (Å²) < 4.78 is 1.77. The summed E-state index contributed by atoms with van der Waals surface area (Å²) in [5, 5.41) is 7.40. The quantitative estimate of drug-likeness (QED) is 0.498. The molecule has 2 radical (unpaired) electrons. The number of nitrogens with zero attached hydrogens (tertiary/aromatic N) is 2. The molecule has 0 fully saturated rings. The first-order valence-electron chi connectivity index (χ1n) is 1.46. The first-order valence-corrected chi connectivity index (χ1v) is 3.99. The van der Waals surface area contributed by atoms with Crippen LogP contribution in [-0.2, 0) is 0 Å². The summed E-state index contributed by atoms with van der Waals surface area (Å²) in [7, 11) is 0. The second-order valence-electron chi connectivity index (χ2n) is 0.834. The first-order chi connectivity index (χ1) is 3.29. The average molecular weight is 242 g/mol. The molecule has 0 saturated carbocycles. The van der Waals surface area contributed by atoms with Crippen molar-refractivity contribution in [2.24, 2.45) is 0 Å². The number of hydrogen-bond donors (Lipinski definition) is 0. The van der Waals surface area contributed by atoms with E-state index in [4.69, 9.17) is 0 Å². The van der Waals surface area contributed by atoms with Gasteiger partial charge in [0, 0.05) is 0 Å². The van der Waals surface area contributed by atoms with Crippen molar-refractivity contribution in [2.75, 3.05) is 0 Å². The normalized spacial score (nSPS) is 9.14. The summed E-state index contributed by atoms with van der Waals surface area (Å²) in [6.07, 6.45) is 0. The Morgan fingerprint density at radius 1 is 1.14 bits per heavy atom. The van der Waals surface area contributed by atoms with Crippen LogP contribution in [-0.4, -0.2) is 42.2 Å². The van der Waals surface area contributed by atoms with Crippen molar-refractivity contribution >= 4 is 51.2 Å². The van der Waals surface area contributed by atoms with Crippen molar-refractivity contribution in [2.45, 2.75) is 0 Å². The van der Waals surface area contributed by atoms with Gasteiger partial charge < -0.3 is 0 Å². The molecule has 5 heteroatoms. The summed E-state index contributed by atoms with van der Waals surface area (Å²) >= 11 is 7.00. The molecule has 0 unspecified atom stereocenters. The molecule has 0 bridgehead atoms. The van der Waals surface area contributed by atoms with E-state index in [0.29, 0.717) is 0 Å². The molecule has 36 valence electrons. The fraction of sp³-hybridized carbons (Fsp3) is 0. The number of hydrogen-bond acceptors (Lipinski definition) is 3. The molecule has 0 aromatic carbocycles. The Balaban J connectivity index is 3.04. The third kappa shape index (κ3) is 1.51. The van der Waals surface area contributed by atoms with E-state index >= 15 is 0 Å². The van der Waals surface area contributed by atoms with Gasteiger partial charge in [-0.2, -0.15) is 0 Å². The third-order valence-electron chi connectivity index (χ3n) is 0.388. The van der Waals surface area contributed by atoms with Crippen LogP contribution < -0.4 is 7.81 Å². The first kappa shape index (κ1) is 5.73. The molecule has 1 heterocycles. The Labute approximate surface area is 61.3 Å². The van der Waals surface area contributed by atoms with E-state index in [1.54, 1.807) is 0 Å². The van der Waals surface area contributed by atoms with E-state index in [9.17, 15) is 0 Å². The number of aromatic nitrogens is 2. The van der Waals surface area contributed by atoms with Crippen LogP contribution >= 0.6 is 11.3 Å². The van der Waals surface area contributed by atoms with Gasteiger partial charge in [0.2, 0.25) is 0 Å². The Hall–Kier alpha value is 0.599. The van der Waals surface area contributed by atoms with Crippen molar-refractivity contribution in [3.63, 3.8) is 0 Å². The minimum absolute atomic E-state index is 0.883. The SMILES string of the molecule is [Se]c1nnc([Se])s1. The van der Waals surface area contributed by atoms with Crippen LogP contribution in [0.25, 0.3) is 0 Å². The van der Waals surface area contributed by atoms with Gasteiger partial charge in [-0.1, -0.05) is 0 Å².